The Bertz CT molecular complexity index is 1580. The first kappa shape index (κ1) is 27.9. The van der Waals surface area contributed by atoms with E-state index in [0.29, 0.717) is 30.1 Å². The third-order valence-electron chi connectivity index (χ3n) is 6.79. The van der Waals surface area contributed by atoms with Crippen LogP contribution in [0.4, 0.5) is 16.2 Å². The van der Waals surface area contributed by atoms with Gasteiger partial charge >= 0.3 is 6.09 Å². The molecule has 0 saturated carbocycles. The molecule has 41 heavy (non-hydrogen) atoms. The second kappa shape index (κ2) is 11.4. The van der Waals surface area contributed by atoms with Crippen molar-refractivity contribution >= 4 is 34.3 Å². The van der Waals surface area contributed by atoms with Crippen LogP contribution in [-0.2, 0) is 11.3 Å². The summed E-state index contributed by atoms with van der Waals surface area (Å²) in [5, 5.41) is 14.8. The quantitative estimate of drug-likeness (QED) is 0.218. The van der Waals surface area contributed by atoms with E-state index >= 15 is 0 Å². The topological polar surface area (TPSA) is 118 Å². The fourth-order valence-electron chi connectivity index (χ4n) is 4.73. The molecule has 0 spiro atoms. The molecule has 1 saturated heterocycles. The Morgan fingerprint density at radius 2 is 1.68 bits per heavy atom. The van der Waals surface area contributed by atoms with Crippen molar-refractivity contribution in [2.24, 2.45) is 0 Å². The first-order valence-corrected chi connectivity index (χ1v) is 13.4. The van der Waals surface area contributed by atoms with Crippen molar-refractivity contribution in [3.63, 3.8) is 0 Å². The number of nitro benzene ring substituents is 1. The molecule has 0 bridgehead atoms. The molecule has 3 aromatic carbocycles. The summed E-state index contributed by atoms with van der Waals surface area (Å²) in [6.07, 6.45) is -0.270. The van der Waals surface area contributed by atoms with Crippen molar-refractivity contribution in [1.82, 2.24) is 9.80 Å². The number of hydrogen-bond acceptors (Lipinski definition) is 7. The van der Waals surface area contributed by atoms with Gasteiger partial charge in [-0.1, -0.05) is 18.2 Å². The minimum absolute atomic E-state index is 0.0772. The molecule has 0 aliphatic carbocycles. The molecule has 1 fully saturated rings. The van der Waals surface area contributed by atoms with Crippen LogP contribution in [0.25, 0.3) is 22.3 Å². The minimum atomic E-state index is -0.508. The number of hydrogen-bond donors (Lipinski definition) is 1. The second-order valence-corrected chi connectivity index (χ2v) is 11.0. The fourth-order valence-corrected chi connectivity index (χ4v) is 4.73. The third kappa shape index (κ3) is 6.72. The SMILES string of the molecule is CC(C)(C)OC(=O)N1CCN(Cc2ccc3oc(-c4ccccc4NC(=O)c4ccc([N+](=O)[O-])cc4)cc3c2)CC1. The lowest BCUT2D eigenvalue weighted by Crippen LogP contribution is -2.49. The summed E-state index contributed by atoms with van der Waals surface area (Å²) in [7, 11) is 0. The Morgan fingerprint density at radius 1 is 0.976 bits per heavy atom. The number of carbonyl (C=O) groups excluding carboxylic acids is 2. The van der Waals surface area contributed by atoms with E-state index in [0.717, 1.165) is 41.7 Å². The molecule has 1 aliphatic heterocycles. The van der Waals surface area contributed by atoms with Crippen LogP contribution >= 0.6 is 0 Å². The van der Waals surface area contributed by atoms with Gasteiger partial charge in [0.1, 0.15) is 16.9 Å². The van der Waals surface area contributed by atoms with Gasteiger partial charge in [0.05, 0.1) is 10.6 Å². The zero-order valence-corrected chi connectivity index (χ0v) is 23.3. The van der Waals surface area contributed by atoms with Gasteiger partial charge in [-0.3, -0.25) is 19.8 Å². The molecule has 2 heterocycles. The molecule has 1 aromatic heterocycles. The first-order valence-electron chi connectivity index (χ1n) is 13.4. The van der Waals surface area contributed by atoms with Gasteiger partial charge in [0.15, 0.2) is 0 Å². The number of benzene rings is 3. The van der Waals surface area contributed by atoms with Crippen LogP contribution in [0, 0.1) is 10.1 Å². The number of para-hydroxylation sites is 1. The number of rotatable bonds is 6. The number of nitro groups is 1. The van der Waals surface area contributed by atoms with E-state index in [4.69, 9.17) is 9.15 Å². The summed E-state index contributed by atoms with van der Waals surface area (Å²) in [5.74, 6) is 0.236. The molecule has 10 nitrogen and oxygen atoms in total. The highest BCUT2D eigenvalue weighted by atomic mass is 16.6. The summed E-state index contributed by atoms with van der Waals surface area (Å²) >= 11 is 0. The summed E-state index contributed by atoms with van der Waals surface area (Å²) < 4.78 is 11.6. The highest BCUT2D eigenvalue weighted by molar-refractivity contribution is 6.06. The van der Waals surface area contributed by atoms with Crippen LogP contribution in [0.5, 0.6) is 0 Å². The number of furan rings is 1. The smallest absolute Gasteiger partial charge is 0.410 e. The third-order valence-corrected chi connectivity index (χ3v) is 6.79. The van der Waals surface area contributed by atoms with Gasteiger partial charge in [0.25, 0.3) is 11.6 Å². The first-order chi connectivity index (χ1) is 19.6. The lowest BCUT2D eigenvalue weighted by molar-refractivity contribution is -0.384. The number of non-ortho nitro benzene ring substituents is 1. The molecule has 1 N–H and O–H groups in total. The zero-order chi connectivity index (χ0) is 29.1. The van der Waals surface area contributed by atoms with Crippen LogP contribution in [-0.4, -0.2) is 58.5 Å². The summed E-state index contributed by atoms with van der Waals surface area (Å²) in [4.78, 5) is 39.7. The largest absolute Gasteiger partial charge is 0.456 e. The Labute approximate surface area is 237 Å². The molecule has 2 amide bonds. The van der Waals surface area contributed by atoms with Crippen molar-refractivity contribution in [3.8, 4) is 11.3 Å². The summed E-state index contributed by atoms with van der Waals surface area (Å²) in [6, 6.07) is 20.8. The predicted octanol–water partition coefficient (Wildman–Crippen LogP) is 6.31. The van der Waals surface area contributed by atoms with E-state index in [9.17, 15) is 19.7 Å². The maximum Gasteiger partial charge on any atom is 0.410 e. The highest BCUT2D eigenvalue weighted by Crippen LogP contribution is 2.33. The molecule has 0 radical (unpaired) electrons. The van der Waals surface area contributed by atoms with Crippen LogP contribution in [0.1, 0.15) is 36.7 Å². The van der Waals surface area contributed by atoms with E-state index in [-0.39, 0.29) is 17.7 Å². The Balaban J connectivity index is 1.26. The zero-order valence-electron chi connectivity index (χ0n) is 23.3. The van der Waals surface area contributed by atoms with E-state index in [1.165, 1.54) is 24.3 Å². The number of nitrogens with zero attached hydrogens (tertiary/aromatic N) is 3. The average molecular weight is 557 g/mol. The Hall–Kier alpha value is -4.70. The lowest BCUT2D eigenvalue weighted by atomic mass is 10.1. The molecule has 4 aromatic rings. The normalized spacial score (nSPS) is 14.2. The number of amides is 2. The summed E-state index contributed by atoms with van der Waals surface area (Å²) in [5.41, 5.74) is 2.88. The molecule has 1 aliphatic rings. The van der Waals surface area contributed by atoms with E-state index < -0.39 is 10.5 Å². The number of ether oxygens (including phenoxy) is 1. The number of anilines is 1. The molecule has 0 unspecified atom stereocenters. The van der Waals surface area contributed by atoms with Crippen molar-refractivity contribution in [2.75, 3.05) is 31.5 Å². The van der Waals surface area contributed by atoms with Gasteiger partial charge in [0, 0.05) is 61.4 Å². The molecule has 0 atom stereocenters. The van der Waals surface area contributed by atoms with Crippen molar-refractivity contribution in [1.29, 1.82) is 0 Å². The lowest BCUT2D eigenvalue weighted by Gasteiger charge is -2.35. The number of fused-ring (bicyclic) bond motifs is 1. The van der Waals surface area contributed by atoms with E-state index in [1.807, 2.05) is 57.2 Å². The van der Waals surface area contributed by atoms with Gasteiger partial charge < -0.3 is 19.4 Å². The van der Waals surface area contributed by atoms with Crippen LogP contribution in [0.15, 0.2) is 77.2 Å². The van der Waals surface area contributed by atoms with Crippen LogP contribution in [0.3, 0.4) is 0 Å². The molecule has 10 heteroatoms. The minimum Gasteiger partial charge on any atom is -0.456 e. The highest BCUT2D eigenvalue weighted by Gasteiger charge is 2.26. The van der Waals surface area contributed by atoms with Gasteiger partial charge in [-0.05, 0) is 68.8 Å². The van der Waals surface area contributed by atoms with Gasteiger partial charge in [0.2, 0.25) is 0 Å². The Kier molecular flexibility index (Phi) is 7.76. The van der Waals surface area contributed by atoms with Crippen molar-refractivity contribution in [2.45, 2.75) is 32.9 Å². The number of carbonyl (C=O) groups is 2. The van der Waals surface area contributed by atoms with Crippen molar-refractivity contribution < 1.29 is 23.7 Å². The summed E-state index contributed by atoms with van der Waals surface area (Å²) in [6.45, 7) is 9.12. The second-order valence-electron chi connectivity index (χ2n) is 11.0. The maximum absolute atomic E-state index is 12.9. The molecule has 5 rings (SSSR count). The van der Waals surface area contributed by atoms with Gasteiger partial charge in [-0.15, -0.1) is 0 Å². The monoisotopic (exact) mass is 556 g/mol. The van der Waals surface area contributed by atoms with Gasteiger partial charge in [-0.2, -0.15) is 0 Å². The fraction of sp³-hybridized carbons (Fsp3) is 0.290. The van der Waals surface area contributed by atoms with E-state index in [2.05, 4.69) is 16.3 Å². The Morgan fingerprint density at radius 3 is 2.37 bits per heavy atom. The van der Waals surface area contributed by atoms with Crippen LogP contribution < -0.4 is 5.32 Å². The van der Waals surface area contributed by atoms with Gasteiger partial charge in [-0.25, -0.2) is 4.79 Å². The maximum atomic E-state index is 12.9. The molecular weight excluding hydrogens is 524 g/mol. The average Bonchev–Trinajstić information content (AvgIpc) is 3.36. The van der Waals surface area contributed by atoms with Crippen LogP contribution in [0.2, 0.25) is 0 Å². The van der Waals surface area contributed by atoms with Crippen molar-refractivity contribution in [3.05, 3.63) is 94.0 Å². The van der Waals surface area contributed by atoms with E-state index in [1.54, 1.807) is 11.0 Å². The standard InChI is InChI=1S/C31H32N4O6/c1-31(2,3)41-30(37)34-16-14-33(15-17-34)20-21-8-13-27-23(18-21)19-28(40-27)25-6-4-5-7-26(25)32-29(36)22-9-11-24(12-10-22)35(38)39/h4-13,18-19H,14-17,20H2,1-3H3,(H,32,36). The predicted molar refractivity (Wildman–Crippen MR) is 156 cm³/mol. The molecular formula is C31H32N4O6. The number of piperazine rings is 1. The molecule has 212 valence electrons. The number of nitrogens with one attached hydrogen (secondary N) is 1.